The van der Waals surface area contributed by atoms with Gasteiger partial charge in [0.2, 0.25) is 0 Å². The van der Waals surface area contributed by atoms with E-state index in [0.717, 1.165) is 28.7 Å². The van der Waals surface area contributed by atoms with Crippen molar-refractivity contribution in [1.82, 2.24) is 4.90 Å². The summed E-state index contributed by atoms with van der Waals surface area (Å²) in [7, 11) is 1.69. The van der Waals surface area contributed by atoms with Gasteiger partial charge in [0.15, 0.2) is 0 Å². The molecule has 4 rings (SSSR count). The van der Waals surface area contributed by atoms with Gasteiger partial charge in [0.1, 0.15) is 10.8 Å². The van der Waals surface area contributed by atoms with Crippen molar-refractivity contribution in [2.45, 2.75) is 32.7 Å². The number of thiophene rings is 2. The number of rotatable bonds is 6. The molecule has 1 amide bonds. The summed E-state index contributed by atoms with van der Waals surface area (Å²) >= 11 is 3.15. The molecule has 0 spiro atoms. The van der Waals surface area contributed by atoms with E-state index in [1.165, 1.54) is 45.7 Å². The molecule has 1 saturated heterocycles. The van der Waals surface area contributed by atoms with Crippen molar-refractivity contribution in [3.8, 4) is 5.75 Å². The van der Waals surface area contributed by atoms with Crippen molar-refractivity contribution < 1.29 is 9.53 Å². The fraction of sp³-hybridized carbons (Fsp3) is 0.348. The van der Waals surface area contributed by atoms with E-state index in [0.29, 0.717) is 0 Å². The summed E-state index contributed by atoms with van der Waals surface area (Å²) in [4.78, 5) is 17.3. The first-order chi connectivity index (χ1) is 14.1. The van der Waals surface area contributed by atoms with Crippen LogP contribution in [0.4, 0.5) is 5.00 Å². The van der Waals surface area contributed by atoms with E-state index >= 15 is 0 Å². The topological polar surface area (TPSA) is 41.6 Å². The fourth-order valence-electron chi connectivity index (χ4n) is 3.99. The maximum atomic E-state index is 12.8. The highest BCUT2D eigenvalue weighted by Gasteiger charge is 2.31. The van der Waals surface area contributed by atoms with E-state index in [4.69, 9.17) is 4.74 Å². The summed E-state index contributed by atoms with van der Waals surface area (Å²) in [5.41, 5.74) is 3.73. The molecule has 152 valence electrons. The van der Waals surface area contributed by atoms with Gasteiger partial charge in [0.25, 0.3) is 5.91 Å². The number of likely N-dealkylation sites (tertiary alicyclic amines) is 1. The second-order valence-corrected chi connectivity index (χ2v) is 9.55. The standard InChI is InChI=1S/C23H26N2O2S2/c1-15-16(2)29-23(24-22(26)19-7-6-14-28-19)20(15)21(25-12-4-5-13-25)17-8-10-18(27-3)11-9-17/h6-11,14,21H,4-5,12-13H2,1-3H3,(H,24,26). The van der Waals surface area contributed by atoms with Crippen LogP contribution < -0.4 is 10.1 Å². The molecule has 0 saturated carbocycles. The number of hydrogen-bond donors (Lipinski definition) is 1. The van der Waals surface area contributed by atoms with Gasteiger partial charge in [0.05, 0.1) is 18.0 Å². The summed E-state index contributed by atoms with van der Waals surface area (Å²) in [5.74, 6) is 0.829. The highest BCUT2D eigenvalue weighted by molar-refractivity contribution is 7.17. The number of benzene rings is 1. The maximum absolute atomic E-state index is 12.8. The van der Waals surface area contributed by atoms with Gasteiger partial charge in [-0.1, -0.05) is 18.2 Å². The first-order valence-corrected chi connectivity index (χ1v) is 11.6. The largest absolute Gasteiger partial charge is 0.497 e. The minimum Gasteiger partial charge on any atom is -0.497 e. The Morgan fingerprint density at radius 1 is 1.14 bits per heavy atom. The Morgan fingerprint density at radius 3 is 2.48 bits per heavy atom. The van der Waals surface area contributed by atoms with Crippen LogP contribution in [0.1, 0.15) is 50.1 Å². The van der Waals surface area contributed by atoms with E-state index in [-0.39, 0.29) is 11.9 Å². The number of hydrogen-bond acceptors (Lipinski definition) is 5. The second-order valence-electron chi connectivity index (χ2n) is 7.38. The summed E-state index contributed by atoms with van der Waals surface area (Å²) in [6.07, 6.45) is 2.43. The molecule has 1 aromatic carbocycles. The quantitative estimate of drug-likeness (QED) is 0.536. The van der Waals surface area contributed by atoms with Crippen molar-refractivity contribution in [2.75, 3.05) is 25.5 Å². The van der Waals surface area contributed by atoms with Gasteiger partial charge in [-0.3, -0.25) is 9.69 Å². The lowest BCUT2D eigenvalue weighted by atomic mass is 9.95. The molecule has 29 heavy (non-hydrogen) atoms. The van der Waals surface area contributed by atoms with Gasteiger partial charge in [-0.05, 0) is 74.5 Å². The molecule has 0 radical (unpaired) electrons. The first kappa shape index (κ1) is 20.1. The molecule has 3 aromatic rings. The van der Waals surface area contributed by atoms with E-state index in [1.807, 2.05) is 29.6 Å². The van der Waals surface area contributed by atoms with Crippen LogP contribution >= 0.6 is 22.7 Å². The van der Waals surface area contributed by atoms with Crippen LogP contribution in [-0.2, 0) is 0 Å². The van der Waals surface area contributed by atoms with Crippen molar-refractivity contribution in [3.63, 3.8) is 0 Å². The Kier molecular flexibility index (Phi) is 6.04. The van der Waals surface area contributed by atoms with Crippen molar-refractivity contribution in [1.29, 1.82) is 0 Å². The molecule has 0 aliphatic carbocycles. The zero-order chi connectivity index (χ0) is 20.4. The smallest absolute Gasteiger partial charge is 0.266 e. The van der Waals surface area contributed by atoms with Crippen LogP contribution in [0.25, 0.3) is 0 Å². The number of aryl methyl sites for hydroxylation is 1. The van der Waals surface area contributed by atoms with Crippen LogP contribution in [0.3, 0.4) is 0 Å². The van der Waals surface area contributed by atoms with Crippen molar-refractivity contribution in [2.24, 2.45) is 0 Å². The van der Waals surface area contributed by atoms with Crippen LogP contribution in [0.2, 0.25) is 0 Å². The normalized spacial score (nSPS) is 15.4. The lowest BCUT2D eigenvalue weighted by Gasteiger charge is -2.29. The van der Waals surface area contributed by atoms with E-state index < -0.39 is 0 Å². The average Bonchev–Trinajstić information content (AvgIpc) is 3.49. The van der Waals surface area contributed by atoms with Crippen LogP contribution in [0.5, 0.6) is 5.75 Å². The minimum absolute atomic E-state index is 0.0302. The monoisotopic (exact) mass is 426 g/mol. The number of ether oxygens (including phenoxy) is 1. The third-order valence-electron chi connectivity index (χ3n) is 5.61. The predicted octanol–water partition coefficient (Wildman–Crippen LogP) is 5.87. The summed E-state index contributed by atoms with van der Waals surface area (Å²) in [6, 6.07) is 12.3. The number of nitrogens with zero attached hydrogens (tertiary/aromatic N) is 1. The number of methoxy groups -OCH3 is 1. The summed E-state index contributed by atoms with van der Waals surface area (Å²) < 4.78 is 5.36. The Balaban J connectivity index is 1.76. The Morgan fingerprint density at radius 2 is 1.86 bits per heavy atom. The molecule has 4 nitrogen and oxygen atoms in total. The predicted molar refractivity (Wildman–Crippen MR) is 122 cm³/mol. The molecule has 1 atom stereocenters. The average molecular weight is 427 g/mol. The maximum Gasteiger partial charge on any atom is 0.266 e. The zero-order valence-corrected chi connectivity index (χ0v) is 18.7. The van der Waals surface area contributed by atoms with Crippen molar-refractivity contribution >= 4 is 33.6 Å². The van der Waals surface area contributed by atoms with Crippen LogP contribution in [0.15, 0.2) is 41.8 Å². The fourth-order valence-corrected chi connectivity index (χ4v) is 5.69. The molecule has 3 heterocycles. The number of nitrogens with one attached hydrogen (secondary N) is 1. The first-order valence-electron chi connectivity index (χ1n) is 9.91. The summed E-state index contributed by atoms with van der Waals surface area (Å²) in [6.45, 7) is 6.46. The molecular weight excluding hydrogens is 400 g/mol. The summed E-state index contributed by atoms with van der Waals surface area (Å²) in [5, 5.41) is 6.11. The van der Waals surface area contributed by atoms with Gasteiger partial charge >= 0.3 is 0 Å². The molecule has 1 fully saturated rings. The minimum atomic E-state index is -0.0302. The Hall–Kier alpha value is -2.15. The third-order valence-corrected chi connectivity index (χ3v) is 7.62. The van der Waals surface area contributed by atoms with E-state index in [9.17, 15) is 4.79 Å². The van der Waals surface area contributed by atoms with Gasteiger partial charge in [0, 0.05) is 10.4 Å². The lowest BCUT2D eigenvalue weighted by molar-refractivity contribution is 0.103. The van der Waals surface area contributed by atoms with Crippen LogP contribution in [0, 0.1) is 13.8 Å². The lowest BCUT2D eigenvalue weighted by Crippen LogP contribution is -2.27. The molecule has 6 heteroatoms. The van der Waals surface area contributed by atoms with Crippen LogP contribution in [-0.4, -0.2) is 31.0 Å². The molecular formula is C23H26N2O2S2. The molecule has 2 aromatic heterocycles. The van der Waals surface area contributed by atoms with Gasteiger partial charge in [-0.15, -0.1) is 22.7 Å². The number of carbonyl (C=O) groups excluding carboxylic acids is 1. The number of carbonyl (C=O) groups is 1. The molecule has 1 aliphatic rings. The Bertz CT molecular complexity index is 971. The molecule has 1 unspecified atom stereocenters. The zero-order valence-electron chi connectivity index (χ0n) is 17.0. The van der Waals surface area contributed by atoms with E-state index in [2.05, 4.69) is 36.2 Å². The highest BCUT2D eigenvalue weighted by Crippen LogP contribution is 2.43. The van der Waals surface area contributed by atoms with Gasteiger partial charge in [-0.25, -0.2) is 0 Å². The van der Waals surface area contributed by atoms with E-state index in [1.54, 1.807) is 18.4 Å². The highest BCUT2D eigenvalue weighted by atomic mass is 32.1. The molecule has 0 bridgehead atoms. The van der Waals surface area contributed by atoms with Gasteiger partial charge < -0.3 is 10.1 Å². The molecule has 1 aliphatic heterocycles. The second kappa shape index (κ2) is 8.69. The third kappa shape index (κ3) is 4.10. The molecule has 1 N–H and O–H groups in total. The van der Waals surface area contributed by atoms with Gasteiger partial charge in [-0.2, -0.15) is 0 Å². The Labute approximate surface area is 180 Å². The SMILES string of the molecule is COc1ccc(C(c2c(NC(=O)c3cccs3)sc(C)c2C)N2CCCC2)cc1. The van der Waals surface area contributed by atoms with Crippen molar-refractivity contribution in [3.05, 3.63) is 68.2 Å². The number of amides is 1. The number of anilines is 1.